The summed E-state index contributed by atoms with van der Waals surface area (Å²) in [5.74, 6) is 0. The second kappa shape index (κ2) is 12.1. The van der Waals surface area contributed by atoms with Gasteiger partial charge in [-0.05, 0) is 120 Å². The SMILES string of the molecule is c1ccc(N(c2ccccc2)c2ccc(-c3ccc4c(c3)C3(c5ccccc5-c5ccccc53)c3ccccc3C43c4ccccc4-c4ccccc43)cc2)cc1. The molecule has 0 atom stereocenters. The molecule has 0 heterocycles. The lowest BCUT2D eigenvalue weighted by Crippen LogP contribution is -2.43. The molecule has 266 valence electrons. The molecule has 0 amide bonds. The Labute approximate surface area is 333 Å². The number of anilines is 3. The normalized spacial score (nSPS) is 14.2. The van der Waals surface area contributed by atoms with Crippen molar-refractivity contribution in [3.8, 4) is 33.4 Å². The van der Waals surface area contributed by atoms with Gasteiger partial charge in [-0.1, -0.05) is 182 Å². The highest BCUT2D eigenvalue weighted by Crippen LogP contribution is 2.67. The van der Waals surface area contributed by atoms with Crippen LogP contribution in [0.2, 0.25) is 0 Å². The van der Waals surface area contributed by atoms with E-state index in [1.165, 1.54) is 77.9 Å². The maximum atomic E-state index is 2.54. The van der Waals surface area contributed by atoms with E-state index in [1.807, 2.05) is 0 Å². The quantitative estimate of drug-likeness (QED) is 0.175. The molecular formula is C56H37N. The third-order valence-corrected chi connectivity index (χ3v) is 13.0. The number of hydrogen-bond donors (Lipinski definition) is 0. The molecule has 3 aliphatic carbocycles. The molecule has 9 aromatic rings. The summed E-state index contributed by atoms with van der Waals surface area (Å²) in [7, 11) is 0. The van der Waals surface area contributed by atoms with Crippen LogP contribution in [0.3, 0.4) is 0 Å². The fraction of sp³-hybridized carbons (Fsp3) is 0.0357. The van der Waals surface area contributed by atoms with E-state index < -0.39 is 10.8 Å². The third kappa shape index (κ3) is 4.23. The van der Waals surface area contributed by atoms with E-state index in [0.29, 0.717) is 0 Å². The molecule has 3 aliphatic rings. The Morgan fingerprint density at radius 1 is 0.228 bits per heavy atom. The van der Waals surface area contributed by atoms with Gasteiger partial charge < -0.3 is 4.90 Å². The first-order valence-electron chi connectivity index (χ1n) is 19.9. The molecule has 1 heteroatoms. The van der Waals surface area contributed by atoms with E-state index in [1.54, 1.807) is 0 Å². The fourth-order valence-electron chi connectivity index (χ4n) is 10.8. The van der Waals surface area contributed by atoms with Gasteiger partial charge in [0.15, 0.2) is 0 Å². The van der Waals surface area contributed by atoms with Crippen molar-refractivity contribution in [2.24, 2.45) is 0 Å². The molecule has 0 N–H and O–H groups in total. The van der Waals surface area contributed by atoms with Gasteiger partial charge >= 0.3 is 0 Å². The second-order valence-electron chi connectivity index (χ2n) is 15.5. The minimum Gasteiger partial charge on any atom is -0.311 e. The summed E-state index contributed by atoms with van der Waals surface area (Å²) >= 11 is 0. The first kappa shape index (κ1) is 32.1. The van der Waals surface area contributed by atoms with E-state index in [9.17, 15) is 0 Å². The molecule has 0 aromatic heterocycles. The van der Waals surface area contributed by atoms with Crippen LogP contribution in [0.25, 0.3) is 33.4 Å². The van der Waals surface area contributed by atoms with Crippen molar-refractivity contribution in [3.05, 3.63) is 269 Å². The van der Waals surface area contributed by atoms with Crippen LogP contribution in [-0.4, -0.2) is 0 Å². The average Bonchev–Trinajstić information content (AvgIpc) is 3.75. The van der Waals surface area contributed by atoms with Crippen molar-refractivity contribution < 1.29 is 0 Å². The summed E-state index contributed by atoms with van der Waals surface area (Å²) in [5.41, 5.74) is 20.9. The Morgan fingerprint density at radius 3 is 0.982 bits per heavy atom. The van der Waals surface area contributed by atoms with Crippen LogP contribution in [0.4, 0.5) is 17.1 Å². The van der Waals surface area contributed by atoms with Crippen LogP contribution in [0, 0.1) is 0 Å². The molecule has 0 aliphatic heterocycles. The highest BCUT2D eigenvalue weighted by molar-refractivity contribution is 5.94. The first-order chi connectivity index (χ1) is 28.3. The van der Waals surface area contributed by atoms with E-state index in [-0.39, 0.29) is 0 Å². The molecule has 1 nitrogen and oxygen atoms in total. The van der Waals surface area contributed by atoms with Gasteiger partial charge in [0, 0.05) is 17.1 Å². The van der Waals surface area contributed by atoms with Crippen LogP contribution in [-0.2, 0) is 10.8 Å². The van der Waals surface area contributed by atoms with Gasteiger partial charge in [-0.25, -0.2) is 0 Å². The standard InChI is InChI=1S/C56H37N/c1-3-17-40(18-4-1)57(41-19-5-2-6-20-41)42-34-31-38(32-35-42)39-33-36-53-54(37-39)56(49-27-13-9-23-45(49)46-24-10-14-28-50(46)56)52-30-16-15-29-51(52)55(53)47-25-11-7-21-43(47)44-22-8-12-26-48(44)55/h1-37H. The molecule has 0 unspecified atom stereocenters. The molecule has 57 heavy (non-hydrogen) atoms. The van der Waals surface area contributed by atoms with Gasteiger partial charge in [-0.2, -0.15) is 0 Å². The zero-order valence-corrected chi connectivity index (χ0v) is 31.3. The van der Waals surface area contributed by atoms with Gasteiger partial charge in [0.1, 0.15) is 0 Å². The van der Waals surface area contributed by atoms with Gasteiger partial charge in [0.2, 0.25) is 0 Å². The number of rotatable bonds is 4. The monoisotopic (exact) mass is 723 g/mol. The Hall–Kier alpha value is -7.22. The molecule has 9 aromatic carbocycles. The molecule has 0 radical (unpaired) electrons. The lowest BCUT2D eigenvalue weighted by Gasteiger charge is -2.49. The van der Waals surface area contributed by atoms with E-state index >= 15 is 0 Å². The molecule has 0 bridgehead atoms. The molecular weight excluding hydrogens is 687 g/mol. The molecule has 0 saturated carbocycles. The summed E-state index contributed by atoms with van der Waals surface area (Å²) in [5, 5.41) is 0. The minimum absolute atomic E-state index is 0.481. The van der Waals surface area contributed by atoms with Crippen molar-refractivity contribution in [2.75, 3.05) is 4.90 Å². The molecule has 0 fully saturated rings. The van der Waals surface area contributed by atoms with Crippen molar-refractivity contribution in [3.63, 3.8) is 0 Å². The smallest absolute Gasteiger partial charge is 0.0720 e. The summed E-state index contributed by atoms with van der Waals surface area (Å²) < 4.78 is 0. The Bertz CT molecular complexity index is 2880. The Kier molecular flexibility index (Phi) is 6.83. The predicted octanol–water partition coefficient (Wildman–Crippen LogP) is 13.9. The molecule has 12 rings (SSSR count). The topological polar surface area (TPSA) is 3.24 Å². The van der Waals surface area contributed by atoms with Crippen LogP contribution >= 0.6 is 0 Å². The largest absolute Gasteiger partial charge is 0.311 e. The van der Waals surface area contributed by atoms with Crippen LogP contribution < -0.4 is 4.90 Å². The summed E-state index contributed by atoms with van der Waals surface area (Å²) in [6.45, 7) is 0. The van der Waals surface area contributed by atoms with Crippen LogP contribution in [0.15, 0.2) is 224 Å². The lowest BCUT2D eigenvalue weighted by molar-refractivity contribution is 0.633. The van der Waals surface area contributed by atoms with Crippen LogP contribution in [0.1, 0.15) is 44.5 Å². The summed E-state index contributed by atoms with van der Waals surface area (Å²) in [6.07, 6.45) is 0. The number of nitrogens with zero attached hydrogens (tertiary/aromatic N) is 1. The van der Waals surface area contributed by atoms with Crippen molar-refractivity contribution in [1.29, 1.82) is 0 Å². The van der Waals surface area contributed by atoms with Gasteiger partial charge in [-0.3, -0.25) is 0 Å². The fourth-order valence-corrected chi connectivity index (χ4v) is 10.8. The van der Waals surface area contributed by atoms with E-state index in [2.05, 4.69) is 229 Å². The second-order valence-corrected chi connectivity index (χ2v) is 15.5. The Balaban J connectivity index is 1.14. The van der Waals surface area contributed by atoms with Gasteiger partial charge in [0.05, 0.1) is 10.8 Å². The van der Waals surface area contributed by atoms with Gasteiger partial charge in [0.25, 0.3) is 0 Å². The number of fused-ring (bicyclic) bond motifs is 16. The maximum absolute atomic E-state index is 2.54. The van der Waals surface area contributed by atoms with Crippen molar-refractivity contribution >= 4 is 17.1 Å². The lowest BCUT2D eigenvalue weighted by atomic mass is 9.52. The highest BCUT2D eigenvalue weighted by atomic mass is 15.1. The zero-order chi connectivity index (χ0) is 37.6. The summed E-state index contributed by atoms with van der Waals surface area (Å²) in [4.78, 5) is 2.33. The van der Waals surface area contributed by atoms with Crippen molar-refractivity contribution in [2.45, 2.75) is 10.8 Å². The molecule has 2 spiro atoms. The van der Waals surface area contributed by atoms with Gasteiger partial charge in [-0.15, -0.1) is 0 Å². The number of para-hydroxylation sites is 2. The van der Waals surface area contributed by atoms with Crippen LogP contribution in [0.5, 0.6) is 0 Å². The maximum Gasteiger partial charge on any atom is 0.0720 e. The first-order valence-corrected chi connectivity index (χ1v) is 19.9. The third-order valence-electron chi connectivity index (χ3n) is 13.0. The predicted molar refractivity (Wildman–Crippen MR) is 235 cm³/mol. The number of hydrogen-bond acceptors (Lipinski definition) is 1. The average molecular weight is 724 g/mol. The molecule has 0 saturated heterocycles. The number of benzene rings is 9. The summed E-state index contributed by atoms with van der Waals surface area (Å²) in [6, 6.07) is 83.6. The Morgan fingerprint density at radius 2 is 0.544 bits per heavy atom. The highest BCUT2D eigenvalue weighted by Gasteiger charge is 2.58. The van der Waals surface area contributed by atoms with E-state index in [4.69, 9.17) is 0 Å². The van der Waals surface area contributed by atoms with E-state index in [0.717, 1.165) is 17.1 Å². The zero-order valence-electron chi connectivity index (χ0n) is 31.3. The van der Waals surface area contributed by atoms with Crippen molar-refractivity contribution in [1.82, 2.24) is 0 Å². The minimum atomic E-state index is -0.510.